The van der Waals surface area contributed by atoms with Crippen molar-refractivity contribution in [1.82, 2.24) is 9.80 Å². The van der Waals surface area contributed by atoms with Crippen LogP contribution < -0.4 is 0 Å². The summed E-state index contributed by atoms with van der Waals surface area (Å²) in [6, 6.07) is 19.9. The number of carbonyl (C=O) groups excluding carboxylic acids is 2. The molecule has 2 aromatic carbocycles. The van der Waals surface area contributed by atoms with E-state index in [1.807, 2.05) is 72.2 Å². The first-order chi connectivity index (χ1) is 14.0. The molecule has 4 rings (SSSR count). The summed E-state index contributed by atoms with van der Waals surface area (Å²) in [5.41, 5.74) is 1.07. The maximum Gasteiger partial charge on any atom is 0.257 e. The summed E-state index contributed by atoms with van der Waals surface area (Å²) >= 11 is 0. The van der Waals surface area contributed by atoms with Crippen molar-refractivity contribution < 1.29 is 14.3 Å². The number of carbonyl (C=O) groups is 2. The van der Waals surface area contributed by atoms with Crippen molar-refractivity contribution in [2.24, 2.45) is 0 Å². The molecule has 0 unspecified atom stereocenters. The molecule has 2 atom stereocenters. The molecule has 5 nitrogen and oxygen atoms in total. The van der Waals surface area contributed by atoms with Gasteiger partial charge in [0, 0.05) is 25.0 Å². The fraction of sp³-hybridized carbons (Fsp3) is 0.417. The number of rotatable bonds is 4. The summed E-state index contributed by atoms with van der Waals surface area (Å²) in [5.74, 6) is -0.0500. The fourth-order valence-electron chi connectivity index (χ4n) is 4.51. The molecule has 2 amide bonds. The lowest BCUT2D eigenvalue weighted by Gasteiger charge is -2.42. The number of hydrogen-bond acceptors (Lipinski definition) is 3. The van der Waals surface area contributed by atoms with Crippen LogP contribution in [-0.2, 0) is 20.7 Å². The SMILES string of the molecule is CC(C)N1C[C@@H](c2ccccc2)[C@@]2(CN(C(=O)Cc3ccccc3)CCO2)C1=O. The van der Waals surface area contributed by atoms with Crippen LogP contribution in [0.1, 0.15) is 30.9 Å². The first kappa shape index (κ1) is 19.6. The maximum absolute atomic E-state index is 13.5. The molecule has 2 saturated heterocycles. The van der Waals surface area contributed by atoms with Gasteiger partial charge in [-0.05, 0) is 25.0 Å². The van der Waals surface area contributed by atoms with E-state index in [9.17, 15) is 9.59 Å². The Kier molecular flexibility index (Phi) is 5.41. The van der Waals surface area contributed by atoms with E-state index in [4.69, 9.17) is 4.74 Å². The lowest BCUT2D eigenvalue weighted by molar-refractivity contribution is -0.168. The standard InChI is InChI=1S/C24H28N2O3/c1-18(2)26-16-21(20-11-7-4-8-12-20)24(23(26)28)17-25(13-14-29-24)22(27)15-19-9-5-3-6-10-19/h3-12,18,21H,13-17H2,1-2H3/t21-,24-/m0/s1. The van der Waals surface area contributed by atoms with Gasteiger partial charge in [-0.3, -0.25) is 9.59 Å². The summed E-state index contributed by atoms with van der Waals surface area (Å²) in [4.78, 5) is 30.2. The Morgan fingerprint density at radius 3 is 2.41 bits per heavy atom. The lowest BCUT2D eigenvalue weighted by Crippen LogP contribution is -2.60. The smallest absolute Gasteiger partial charge is 0.257 e. The normalized spacial score (nSPS) is 24.5. The Bertz CT molecular complexity index is 868. The minimum Gasteiger partial charge on any atom is -0.361 e. The molecule has 2 aromatic rings. The highest BCUT2D eigenvalue weighted by Gasteiger charge is 2.58. The van der Waals surface area contributed by atoms with Gasteiger partial charge in [-0.15, -0.1) is 0 Å². The quantitative estimate of drug-likeness (QED) is 0.804. The van der Waals surface area contributed by atoms with Crippen molar-refractivity contribution in [2.75, 3.05) is 26.2 Å². The number of likely N-dealkylation sites (tertiary alicyclic amines) is 1. The van der Waals surface area contributed by atoms with E-state index in [1.54, 1.807) is 0 Å². The van der Waals surface area contributed by atoms with Crippen LogP contribution in [0.4, 0.5) is 0 Å². The van der Waals surface area contributed by atoms with E-state index in [0.29, 0.717) is 32.7 Å². The van der Waals surface area contributed by atoms with E-state index in [1.165, 1.54) is 0 Å². The second-order valence-corrected chi connectivity index (χ2v) is 8.23. The molecule has 29 heavy (non-hydrogen) atoms. The van der Waals surface area contributed by atoms with Gasteiger partial charge >= 0.3 is 0 Å². The second kappa shape index (κ2) is 7.99. The predicted molar refractivity (Wildman–Crippen MR) is 111 cm³/mol. The van der Waals surface area contributed by atoms with Gasteiger partial charge in [0.15, 0.2) is 5.60 Å². The summed E-state index contributed by atoms with van der Waals surface area (Å²) in [6.45, 7) is 5.87. The van der Waals surface area contributed by atoms with Gasteiger partial charge in [0.25, 0.3) is 5.91 Å². The molecule has 0 saturated carbocycles. The fourth-order valence-corrected chi connectivity index (χ4v) is 4.51. The largest absolute Gasteiger partial charge is 0.361 e. The Balaban J connectivity index is 1.62. The van der Waals surface area contributed by atoms with E-state index in [-0.39, 0.29) is 23.8 Å². The lowest BCUT2D eigenvalue weighted by atomic mass is 9.83. The van der Waals surface area contributed by atoms with Crippen LogP contribution in [-0.4, -0.2) is 59.5 Å². The Labute approximate surface area is 172 Å². The topological polar surface area (TPSA) is 49.9 Å². The van der Waals surface area contributed by atoms with E-state index in [2.05, 4.69) is 12.1 Å². The average molecular weight is 392 g/mol. The third-order valence-corrected chi connectivity index (χ3v) is 6.09. The molecule has 0 radical (unpaired) electrons. The number of morpholine rings is 1. The van der Waals surface area contributed by atoms with Crippen molar-refractivity contribution in [3.63, 3.8) is 0 Å². The minimum absolute atomic E-state index is 0.00133. The molecule has 1 spiro atoms. The highest BCUT2D eigenvalue weighted by atomic mass is 16.5. The van der Waals surface area contributed by atoms with Crippen LogP contribution in [0, 0.1) is 0 Å². The molecule has 2 heterocycles. The van der Waals surface area contributed by atoms with Gasteiger partial charge < -0.3 is 14.5 Å². The Hall–Kier alpha value is -2.66. The molecule has 0 aliphatic carbocycles. The highest BCUT2D eigenvalue weighted by molar-refractivity contribution is 5.91. The zero-order valence-corrected chi connectivity index (χ0v) is 17.1. The monoisotopic (exact) mass is 392 g/mol. The van der Waals surface area contributed by atoms with Gasteiger partial charge in [-0.25, -0.2) is 0 Å². The van der Waals surface area contributed by atoms with Crippen molar-refractivity contribution in [2.45, 2.75) is 37.8 Å². The molecule has 2 aliphatic rings. The van der Waals surface area contributed by atoms with Crippen molar-refractivity contribution in [3.8, 4) is 0 Å². The summed E-state index contributed by atoms with van der Waals surface area (Å²) < 4.78 is 6.23. The van der Waals surface area contributed by atoms with Crippen LogP contribution in [0.5, 0.6) is 0 Å². The average Bonchev–Trinajstić information content (AvgIpc) is 3.01. The summed E-state index contributed by atoms with van der Waals surface area (Å²) in [5, 5.41) is 0. The van der Waals surface area contributed by atoms with Crippen LogP contribution >= 0.6 is 0 Å². The first-order valence-corrected chi connectivity index (χ1v) is 10.3. The number of benzene rings is 2. The number of hydrogen-bond donors (Lipinski definition) is 0. The molecule has 152 valence electrons. The molecule has 0 aromatic heterocycles. The Morgan fingerprint density at radius 2 is 1.76 bits per heavy atom. The molecular formula is C24H28N2O3. The molecule has 0 N–H and O–H groups in total. The second-order valence-electron chi connectivity index (χ2n) is 8.23. The number of ether oxygens (including phenoxy) is 1. The molecule has 5 heteroatoms. The van der Waals surface area contributed by atoms with Gasteiger partial charge in [0.05, 0.1) is 19.6 Å². The molecule has 0 bridgehead atoms. The van der Waals surface area contributed by atoms with Crippen LogP contribution in [0.3, 0.4) is 0 Å². The Morgan fingerprint density at radius 1 is 1.10 bits per heavy atom. The van der Waals surface area contributed by atoms with Gasteiger partial charge in [0.2, 0.25) is 5.91 Å². The van der Waals surface area contributed by atoms with Crippen LogP contribution in [0.25, 0.3) is 0 Å². The zero-order valence-electron chi connectivity index (χ0n) is 17.1. The van der Waals surface area contributed by atoms with Gasteiger partial charge in [-0.1, -0.05) is 60.7 Å². The van der Waals surface area contributed by atoms with Crippen molar-refractivity contribution >= 4 is 11.8 Å². The van der Waals surface area contributed by atoms with Gasteiger partial charge in [0.1, 0.15) is 0 Å². The molecule has 2 aliphatic heterocycles. The van der Waals surface area contributed by atoms with Gasteiger partial charge in [-0.2, -0.15) is 0 Å². The first-order valence-electron chi connectivity index (χ1n) is 10.3. The maximum atomic E-state index is 13.5. The molecule has 2 fully saturated rings. The van der Waals surface area contributed by atoms with Crippen molar-refractivity contribution in [3.05, 3.63) is 71.8 Å². The third-order valence-electron chi connectivity index (χ3n) is 6.09. The van der Waals surface area contributed by atoms with Crippen LogP contribution in [0.15, 0.2) is 60.7 Å². The van der Waals surface area contributed by atoms with Crippen molar-refractivity contribution in [1.29, 1.82) is 0 Å². The third kappa shape index (κ3) is 3.67. The van der Waals surface area contributed by atoms with E-state index < -0.39 is 5.60 Å². The zero-order chi connectivity index (χ0) is 20.4. The summed E-state index contributed by atoms with van der Waals surface area (Å²) in [6.07, 6.45) is 0.342. The molecular weight excluding hydrogens is 364 g/mol. The minimum atomic E-state index is -1.00. The van der Waals surface area contributed by atoms with Crippen LogP contribution in [0.2, 0.25) is 0 Å². The number of amides is 2. The highest BCUT2D eigenvalue weighted by Crippen LogP contribution is 2.42. The summed E-state index contributed by atoms with van der Waals surface area (Å²) in [7, 11) is 0. The number of nitrogens with zero attached hydrogens (tertiary/aromatic N) is 2. The predicted octanol–water partition coefficient (Wildman–Crippen LogP) is 2.86. The van der Waals surface area contributed by atoms with E-state index >= 15 is 0 Å². The van der Waals surface area contributed by atoms with E-state index in [0.717, 1.165) is 11.1 Å².